The molecule has 0 bridgehead atoms. The summed E-state index contributed by atoms with van der Waals surface area (Å²) in [5, 5.41) is 0. The number of carbonyl (C=O) groups is 1. The molecule has 5 heteroatoms. The van der Waals surface area contributed by atoms with E-state index in [0.717, 1.165) is 44.5 Å². The van der Waals surface area contributed by atoms with Crippen LogP contribution in [-0.4, -0.2) is 44.9 Å². The Morgan fingerprint density at radius 2 is 1.96 bits per heavy atom. The summed E-state index contributed by atoms with van der Waals surface area (Å²) in [5.41, 5.74) is 2.79. The molecule has 5 nitrogen and oxygen atoms in total. The molecule has 0 spiro atoms. The van der Waals surface area contributed by atoms with Gasteiger partial charge in [-0.05, 0) is 43.7 Å². The number of imidazole rings is 1. The molecule has 1 aromatic carbocycles. The van der Waals surface area contributed by atoms with Crippen molar-refractivity contribution in [2.24, 2.45) is 5.92 Å². The summed E-state index contributed by atoms with van der Waals surface area (Å²) in [7, 11) is 0. The van der Waals surface area contributed by atoms with Crippen molar-refractivity contribution in [3.05, 3.63) is 60.7 Å². The van der Waals surface area contributed by atoms with E-state index in [1.54, 1.807) is 6.20 Å². The van der Waals surface area contributed by atoms with Gasteiger partial charge < -0.3 is 9.47 Å². The summed E-state index contributed by atoms with van der Waals surface area (Å²) in [4.78, 5) is 23.7. The number of aromatic nitrogens is 3. The van der Waals surface area contributed by atoms with Gasteiger partial charge in [0.15, 0.2) is 5.78 Å². The summed E-state index contributed by atoms with van der Waals surface area (Å²) in [5.74, 6) is 0.238. The molecule has 25 heavy (non-hydrogen) atoms. The molecule has 1 atom stereocenters. The van der Waals surface area contributed by atoms with Gasteiger partial charge in [-0.15, -0.1) is 0 Å². The number of ketones is 1. The highest BCUT2D eigenvalue weighted by Crippen LogP contribution is 2.20. The fourth-order valence-corrected chi connectivity index (χ4v) is 3.63. The largest absolute Gasteiger partial charge is 0.329 e. The van der Waals surface area contributed by atoms with E-state index >= 15 is 0 Å². The first-order chi connectivity index (χ1) is 12.3. The molecule has 4 rings (SSSR count). The third-order valence-corrected chi connectivity index (χ3v) is 4.98. The predicted octanol–water partition coefficient (Wildman–Crippen LogP) is 3.03. The number of nitrogens with zero attached hydrogens (tertiary/aromatic N) is 4. The Kier molecular flexibility index (Phi) is 4.57. The van der Waals surface area contributed by atoms with Gasteiger partial charge in [-0.2, -0.15) is 0 Å². The van der Waals surface area contributed by atoms with Crippen LogP contribution in [0, 0.1) is 5.92 Å². The van der Waals surface area contributed by atoms with Crippen molar-refractivity contribution in [3.63, 3.8) is 0 Å². The molecule has 0 saturated carbocycles. The van der Waals surface area contributed by atoms with Crippen LogP contribution in [0.5, 0.6) is 0 Å². The molecule has 1 saturated heterocycles. The van der Waals surface area contributed by atoms with E-state index in [1.807, 2.05) is 42.7 Å². The maximum absolute atomic E-state index is 12.6. The van der Waals surface area contributed by atoms with Crippen molar-refractivity contribution < 1.29 is 4.79 Å². The van der Waals surface area contributed by atoms with Crippen LogP contribution in [0.4, 0.5) is 0 Å². The van der Waals surface area contributed by atoms with Crippen molar-refractivity contribution in [2.75, 3.05) is 19.6 Å². The zero-order valence-corrected chi connectivity index (χ0v) is 14.2. The maximum Gasteiger partial charge on any atom is 0.185 e. The lowest BCUT2D eigenvalue weighted by Gasteiger charge is -2.31. The van der Waals surface area contributed by atoms with Gasteiger partial charge in [-0.3, -0.25) is 9.78 Å². The second kappa shape index (κ2) is 7.15. The number of fused-ring (bicyclic) bond motifs is 1. The molecule has 0 unspecified atom stereocenters. The SMILES string of the molecule is O=C(c1ccccn1)[C@H]1CCCN(CCn2cnc3ccccc32)C1. The van der Waals surface area contributed by atoms with Crippen LogP contribution in [-0.2, 0) is 6.54 Å². The van der Waals surface area contributed by atoms with Crippen LogP contribution in [0.2, 0.25) is 0 Å². The second-order valence-corrected chi connectivity index (χ2v) is 6.65. The summed E-state index contributed by atoms with van der Waals surface area (Å²) in [6.45, 7) is 3.71. The van der Waals surface area contributed by atoms with E-state index < -0.39 is 0 Å². The Balaban J connectivity index is 1.39. The van der Waals surface area contributed by atoms with Crippen molar-refractivity contribution in [1.29, 1.82) is 0 Å². The van der Waals surface area contributed by atoms with Gasteiger partial charge in [-0.25, -0.2) is 4.98 Å². The normalized spacial score (nSPS) is 18.5. The van der Waals surface area contributed by atoms with Gasteiger partial charge >= 0.3 is 0 Å². The lowest BCUT2D eigenvalue weighted by molar-refractivity contribution is 0.0811. The maximum atomic E-state index is 12.6. The smallest absolute Gasteiger partial charge is 0.185 e. The molecule has 0 amide bonds. The Morgan fingerprint density at radius 1 is 1.08 bits per heavy atom. The molecule has 0 N–H and O–H groups in total. The quantitative estimate of drug-likeness (QED) is 0.673. The van der Waals surface area contributed by atoms with Crippen molar-refractivity contribution in [3.8, 4) is 0 Å². The Labute approximate surface area is 147 Å². The highest BCUT2D eigenvalue weighted by Gasteiger charge is 2.27. The first-order valence-corrected chi connectivity index (χ1v) is 8.89. The lowest BCUT2D eigenvalue weighted by Crippen LogP contribution is -2.40. The van der Waals surface area contributed by atoms with Crippen molar-refractivity contribution >= 4 is 16.8 Å². The standard InChI is InChI=1S/C20H22N4O/c25-20(18-8-3-4-10-21-18)16-6-5-11-23(14-16)12-13-24-15-22-17-7-1-2-9-19(17)24/h1-4,7-10,15-16H,5-6,11-14H2/t16-/m0/s1. The number of para-hydroxylation sites is 2. The fourth-order valence-electron chi connectivity index (χ4n) is 3.63. The molecule has 3 heterocycles. The molecule has 1 aliphatic heterocycles. The monoisotopic (exact) mass is 334 g/mol. The topological polar surface area (TPSA) is 51.0 Å². The zero-order valence-electron chi connectivity index (χ0n) is 14.2. The van der Waals surface area contributed by atoms with Crippen LogP contribution in [0.15, 0.2) is 55.0 Å². The van der Waals surface area contributed by atoms with E-state index in [-0.39, 0.29) is 11.7 Å². The molecular formula is C20H22N4O. The highest BCUT2D eigenvalue weighted by molar-refractivity contribution is 5.96. The minimum absolute atomic E-state index is 0.0585. The van der Waals surface area contributed by atoms with E-state index in [0.29, 0.717) is 5.69 Å². The number of carbonyl (C=O) groups excluding carboxylic acids is 1. The number of rotatable bonds is 5. The predicted molar refractivity (Wildman–Crippen MR) is 97.5 cm³/mol. The van der Waals surface area contributed by atoms with E-state index in [4.69, 9.17) is 0 Å². The molecule has 0 aliphatic carbocycles. The number of hydrogen-bond acceptors (Lipinski definition) is 4. The third-order valence-electron chi connectivity index (χ3n) is 4.98. The number of hydrogen-bond donors (Lipinski definition) is 0. The number of pyridine rings is 1. The van der Waals surface area contributed by atoms with Crippen molar-refractivity contribution in [2.45, 2.75) is 19.4 Å². The Morgan fingerprint density at radius 3 is 2.84 bits per heavy atom. The van der Waals surface area contributed by atoms with Gasteiger partial charge in [0, 0.05) is 31.7 Å². The van der Waals surface area contributed by atoms with Gasteiger partial charge in [0.25, 0.3) is 0 Å². The van der Waals surface area contributed by atoms with E-state index in [9.17, 15) is 4.79 Å². The summed E-state index contributed by atoms with van der Waals surface area (Å²) in [6, 6.07) is 13.7. The average molecular weight is 334 g/mol. The number of piperidine rings is 1. The lowest BCUT2D eigenvalue weighted by atomic mass is 9.92. The number of benzene rings is 1. The summed E-state index contributed by atoms with van der Waals surface area (Å²) >= 11 is 0. The van der Waals surface area contributed by atoms with Gasteiger partial charge in [0.1, 0.15) is 5.69 Å². The van der Waals surface area contributed by atoms with Crippen LogP contribution >= 0.6 is 0 Å². The fraction of sp³-hybridized carbons (Fsp3) is 0.350. The minimum atomic E-state index is 0.0585. The molecule has 1 fully saturated rings. The highest BCUT2D eigenvalue weighted by atomic mass is 16.1. The van der Waals surface area contributed by atoms with Gasteiger partial charge in [0.2, 0.25) is 0 Å². The van der Waals surface area contributed by atoms with E-state index in [2.05, 4.69) is 25.5 Å². The van der Waals surface area contributed by atoms with Crippen LogP contribution in [0.1, 0.15) is 23.3 Å². The van der Waals surface area contributed by atoms with E-state index in [1.165, 1.54) is 5.52 Å². The Hall–Kier alpha value is -2.53. The number of Topliss-reactive ketones (excluding diaryl/α,β-unsaturated/α-hetero) is 1. The molecule has 1 aliphatic rings. The van der Waals surface area contributed by atoms with Gasteiger partial charge in [0.05, 0.1) is 17.4 Å². The van der Waals surface area contributed by atoms with Crippen LogP contribution < -0.4 is 0 Å². The molecule has 3 aromatic rings. The zero-order chi connectivity index (χ0) is 17.1. The molecular weight excluding hydrogens is 312 g/mol. The first-order valence-electron chi connectivity index (χ1n) is 8.89. The molecule has 128 valence electrons. The molecule has 2 aromatic heterocycles. The summed E-state index contributed by atoms with van der Waals surface area (Å²) in [6.07, 6.45) is 5.62. The summed E-state index contributed by atoms with van der Waals surface area (Å²) < 4.78 is 2.19. The minimum Gasteiger partial charge on any atom is -0.329 e. The Bertz CT molecular complexity index is 858. The third kappa shape index (κ3) is 3.46. The number of likely N-dealkylation sites (tertiary alicyclic amines) is 1. The molecule has 0 radical (unpaired) electrons. The van der Waals surface area contributed by atoms with Crippen molar-refractivity contribution in [1.82, 2.24) is 19.4 Å². The average Bonchev–Trinajstić information content (AvgIpc) is 3.10. The first kappa shape index (κ1) is 16.0. The van der Waals surface area contributed by atoms with Gasteiger partial charge in [-0.1, -0.05) is 18.2 Å². The second-order valence-electron chi connectivity index (χ2n) is 6.65. The van der Waals surface area contributed by atoms with Crippen LogP contribution in [0.3, 0.4) is 0 Å². The van der Waals surface area contributed by atoms with Crippen LogP contribution in [0.25, 0.3) is 11.0 Å².